The van der Waals surface area contributed by atoms with Gasteiger partial charge in [0.25, 0.3) is 0 Å². The number of nitrogens with two attached hydrogens (primary N) is 1. The lowest BCUT2D eigenvalue weighted by Gasteiger charge is -2.08. The van der Waals surface area contributed by atoms with E-state index in [9.17, 15) is 4.39 Å². The maximum atomic E-state index is 13.3. The maximum Gasteiger partial charge on any atom is 0.147 e. The van der Waals surface area contributed by atoms with Crippen molar-refractivity contribution < 1.29 is 9.13 Å². The fourth-order valence-electron chi connectivity index (χ4n) is 2.37. The van der Waals surface area contributed by atoms with Crippen molar-refractivity contribution in [1.29, 1.82) is 0 Å². The fraction of sp³-hybridized carbons (Fsp3) is 0.188. The van der Waals surface area contributed by atoms with Crippen LogP contribution in [0.4, 0.5) is 10.1 Å². The van der Waals surface area contributed by atoms with Crippen LogP contribution in [0.2, 0.25) is 0 Å². The Balaban J connectivity index is 1.89. The van der Waals surface area contributed by atoms with E-state index in [2.05, 4.69) is 4.98 Å². The summed E-state index contributed by atoms with van der Waals surface area (Å²) in [5, 5.41) is 0. The van der Waals surface area contributed by atoms with Gasteiger partial charge in [-0.25, -0.2) is 9.37 Å². The van der Waals surface area contributed by atoms with Gasteiger partial charge >= 0.3 is 0 Å². The molecular formula is C16H16FN3O. The van der Waals surface area contributed by atoms with Gasteiger partial charge < -0.3 is 15.0 Å². The maximum absolute atomic E-state index is 13.3. The van der Waals surface area contributed by atoms with Crippen molar-refractivity contribution in [3.05, 3.63) is 54.1 Å². The Morgan fingerprint density at radius 1 is 1.24 bits per heavy atom. The molecule has 0 aliphatic heterocycles. The molecule has 0 spiro atoms. The van der Waals surface area contributed by atoms with Crippen LogP contribution in [-0.2, 0) is 13.2 Å². The Kier molecular flexibility index (Phi) is 3.48. The van der Waals surface area contributed by atoms with Crippen LogP contribution in [0, 0.1) is 5.82 Å². The van der Waals surface area contributed by atoms with Gasteiger partial charge in [-0.15, -0.1) is 0 Å². The number of nitrogen functional groups attached to an aromatic ring is 1. The summed E-state index contributed by atoms with van der Waals surface area (Å²) in [5.74, 6) is 1.17. The van der Waals surface area contributed by atoms with Crippen molar-refractivity contribution in [1.82, 2.24) is 9.55 Å². The van der Waals surface area contributed by atoms with Gasteiger partial charge in [0.1, 0.15) is 24.0 Å². The first-order valence-electron chi connectivity index (χ1n) is 6.80. The second kappa shape index (κ2) is 5.44. The first-order valence-corrected chi connectivity index (χ1v) is 6.80. The third-order valence-electron chi connectivity index (χ3n) is 3.33. The number of hydrogen-bond acceptors (Lipinski definition) is 3. The topological polar surface area (TPSA) is 53.1 Å². The predicted molar refractivity (Wildman–Crippen MR) is 80.6 cm³/mol. The molecule has 21 heavy (non-hydrogen) atoms. The second-order valence-corrected chi connectivity index (χ2v) is 4.77. The molecule has 108 valence electrons. The number of aromatic nitrogens is 2. The van der Waals surface area contributed by atoms with E-state index >= 15 is 0 Å². The zero-order valence-corrected chi connectivity index (χ0v) is 11.7. The number of rotatable bonds is 4. The van der Waals surface area contributed by atoms with Crippen LogP contribution in [-0.4, -0.2) is 9.55 Å². The van der Waals surface area contributed by atoms with E-state index < -0.39 is 0 Å². The van der Waals surface area contributed by atoms with E-state index in [1.807, 2.05) is 23.6 Å². The minimum atomic E-state index is -0.286. The third-order valence-corrected chi connectivity index (χ3v) is 3.33. The summed E-state index contributed by atoms with van der Waals surface area (Å²) in [4.78, 5) is 4.45. The zero-order valence-electron chi connectivity index (χ0n) is 11.7. The van der Waals surface area contributed by atoms with E-state index in [4.69, 9.17) is 10.5 Å². The molecular weight excluding hydrogens is 269 g/mol. The van der Waals surface area contributed by atoms with Gasteiger partial charge in [-0.1, -0.05) is 6.07 Å². The molecule has 4 nitrogen and oxygen atoms in total. The number of ether oxygens (including phenoxy) is 1. The quantitative estimate of drug-likeness (QED) is 0.748. The lowest BCUT2D eigenvalue weighted by Crippen LogP contribution is -2.06. The number of benzene rings is 2. The molecule has 2 aromatic carbocycles. The highest BCUT2D eigenvalue weighted by atomic mass is 19.1. The molecule has 0 unspecified atom stereocenters. The molecule has 0 fully saturated rings. The Hall–Kier alpha value is -2.56. The predicted octanol–water partition coefficient (Wildman–Crippen LogP) is 3.36. The minimum absolute atomic E-state index is 0.286. The van der Waals surface area contributed by atoms with Crippen LogP contribution in [0.1, 0.15) is 12.7 Å². The number of nitrogens with zero attached hydrogens (tertiary/aromatic N) is 2. The monoisotopic (exact) mass is 285 g/mol. The molecule has 0 saturated carbocycles. The van der Waals surface area contributed by atoms with Crippen molar-refractivity contribution in [2.24, 2.45) is 0 Å². The summed E-state index contributed by atoms with van der Waals surface area (Å²) in [7, 11) is 0. The first-order chi connectivity index (χ1) is 10.2. The van der Waals surface area contributed by atoms with Crippen molar-refractivity contribution in [3.8, 4) is 5.75 Å². The van der Waals surface area contributed by atoms with Crippen LogP contribution >= 0.6 is 0 Å². The van der Waals surface area contributed by atoms with Gasteiger partial charge in [0.15, 0.2) is 0 Å². The minimum Gasteiger partial charge on any atom is -0.486 e. The average Bonchev–Trinajstić information content (AvgIpc) is 2.81. The number of imidazole rings is 1. The third kappa shape index (κ3) is 2.67. The molecule has 0 saturated heterocycles. The lowest BCUT2D eigenvalue weighted by atomic mass is 10.3. The van der Waals surface area contributed by atoms with E-state index in [1.165, 1.54) is 12.1 Å². The molecule has 0 radical (unpaired) electrons. The molecule has 0 aliphatic rings. The zero-order chi connectivity index (χ0) is 14.8. The highest BCUT2D eigenvalue weighted by molar-refractivity contribution is 5.76. The largest absolute Gasteiger partial charge is 0.486 e. The number of anilines is 1. The average molecular weight is 285 g/mol. The van der Waals surface area contributed by atoms with Crippen LogP contribution in [0.25, 0.3) is 11.0 Å². The smallest absolute Gasteiger partial charge is 0.147 e. The standard InChI is InChI=1S/C16H16FN3O/c1-2-20-15-7-6-11(17)8-14(15)19-16(20)10-21-13-5-3-4-12(18)9-13/h3-9H,2,10,18H2,1H3. The summed E-state index contributed by atoms with van der Waals surface area (Å²) >= 11 is 0. The van der Waals surface area contributed by atoms with Gasteiger partial charge in [0.2, 0.25) is 0 Å². The molecule has 3 aromatic rings. The van der Waals surface area contributed by atoms with E-state index in [0.717, 1.165) is 17.9 Å². The highest BCUT2D eigenvalue weighted by Crippen LogP contribution is 2.20. The number of fused-ring (bicyclic) bond motifs is 1. The Morgan fingerprint density at radius 2 is 2.10 bits per heavy atom. The molecule has 0 atom stereocenters. The molecule has 0 aliphatic carbocycles. The van der Waals surface area contributed by atoms with E-state index in [1.54, 1.807) is 18.2 Å². The molecule has 0 bridgehead atoms. The van der Waals surface area contributed by atoms with Gasteiger partial charge in [-0.2, -0.15) is 0 Å². The van der Waals surface area contributed by atoms with Crippen LogP contribution in [0.3, 0.4) is 0 Å². The van der Waals surface area contributed by atoms with Crippen molar-refractivity contribution in [2.75, 3.05) is 5.73 Å². The summed E-state index contributed by atoms with van der Waals surface area (Å²) in [6.45, 7) is 3.08. The van der Waals surface area contributed by atoms with Crippen LogP contribution in [0.15, 0.2) is 42.5 Å². The van der Waals surface area contributed by atoms with Gasteiger partial charge in [0.05, 0.1) is 11.0 Å². The summed E-state index contributed by atoms with van der Waals surface area (Å²) in [6, 6.07) is 11.9. The number of halogens is 1. The highest BCUT2D eigenvalue weighted by Gasteiger charge is 2.10. The molecule has 0 amide bonds. The van der Waals surface area contributed by atoms with Crippen molar-refractivity contribution >= 4 is 16.7 Å². The fourth-order valence-corrected chi connectivity index (χ4v) is 2.37. The van der Waals surface area contributed by atoms with Crippen LogP contribution < -0.4 is 10.5 Å². The summed E-state index contributed by atoms with van der Waals surface area (Å²) < 4.78 is 21.0. The molecule has 2 N–H and O–H groups in total. The molecule has 1 aromatic heterocycles. The first kappa shape index (κ1) is 13.4. The number of aryl methyl sites for hydroxylation is 1. The SMILES string of the molecule is CCn1c(COc2cccc(N)c2)nc2cc(F)ccc21. The molecule has 5 heteroatoms. The van der Waals surface area contributed by atoms with E-state index in [0.29, 0.717) is 23.6 Å². The van der Waals surface area contributed by atoms with Crippen LogP contribution in [0.5, 0.6) is 5.75 Å². The van der Waals surface area contributed by atoms with Crippen molar-refractivity contribution in [3.63, 3.8) is 0 Å². The van der Waals surface area contributed by atoms with Crippen molar-refractivity contribution in [2.45, 2.75) is 20.1 Å². The Labute approximate surface area is 122 Å². The molecule has 3 rings (SSSR count). The van der Waals surface area contributed by atoms with Gasteiger partial charge in [-0.3, -0.25) is 0 Å². The Bertz CT molecular complexity index is 782. The van der Waals surface area contributed by atoms with Gasteiger partial charge in [0, 0.05) is 24.4 Å². The Morgan fingerprint density at radius 3 is 2.86 bits per heavy atom. The normalized spacial score (nSPS) is 11.0. The second-order valence-electron chi connectivity index (χ2n) is 4.77. The van der Waals surface area contributed by atoms with E-state index in [-0.39, 0.29) is 5.82 Å². The summed E-state index contributed by atoms with van der Waals surface area (Å²) in [5.41, 5.74) is 7.92. The number of hydrogen-bond donors (Lipinski definition) is 1. The lowest BCUT2D eigenvalue weighted by molar-refractivity contribution is 0.291. The molecule has 1 heterocycles. The van der Waals surface area contributed by atoms with Gasteiger partial charge in [-0.05, 0) is 31.2 Å². The summed E-state index contributed by atoms with van der Waals surface area (Å²) in [6.07, 6.45) is 0.